The van der Waals surface area contributed by atoms with Crippen molar-refractivity contribution in [2.75, 3.05) is 0 Å². The third-order valence-electron chi connectivity index (χ3n) is 1.61. The molecule has 1 N–H and O–H groups in total. The molecule has 0 saturated carbocycles. The largest absolute Gasteiger partial charge is 0.357 e. The van der Waals surface area contributed by atoms with Crippen LogP contribution >= 0.6 is 11.6 Å². The van der Waals surface area contributed by atoms with Crippen molar-refractivity contribution in [1.29, 1.82) is 0 Å². The molecular weight excluding hydrogens is 186 g/mol. The van der Waals surface area contributed by atoms with E-state index in [-0.39, 0.29) is 0 Å². The van der Waals surface area contributed by atoms with E-state index in [1.807, 2.05) is 27.0 Å². The number of halogens is 1. The van der Waals surface area contributed by atoms with Crippen molar-refractivity contribution in [2.24, 2.45) is 0 Å². The molecule has 0 aliphatic heterocycles. The zero-order valence-corrected chi connectivity index (χ0v) is 8.68. The zero-order chi connectivity index (χ0) is 9.84. The summed E-state index contributed by atoms with van der Waals surface area (Å²) in [6, 6.07) is 0. The van der Waals surface area contributed by atoms with E-state index in [4.69, 9.17) is 11.6 Å². The molecule has 0 saturated heterocycles. The molecule has 2 heterocycles. The number of fused-ring (bicyclic) bond motifs is 1. The van der Waals surface area contributed by atoms with Gasteiger partial charge in [0.1, 0.15) is 11.8 Å². The third-order valence-corrected chi connectivity index (χ3v) is 1.89. The summed E-state index contributed by atoms with van der Waals surface area (Å²) in [5.41, 5.74) is 2.79. The molecule has 0 aromatic carbocycles. The van der Waals surface area contributed by atoms with Gasteiger partial charge in [0, 0.05) is 6.20 Å². The predicted molar refractivity (Wildman–Crippen MR) is 55.0 cm³/mol. The van der Waals surface area contributed by atoms with Crippen molar-refractivity contribution >= 4 is 22.6 Å². The van der Waals surface area contributed by atoms with Gasteiger partial charge in [0.25, 0.3) is 0 Å². The quantitative estimate of drug-likeness (QED) is 0.660. The average Bonchev–Trinajstić information content (AvgIpc) is 2.53. The SMILES string of the molecule is CC.Cc1c[nH]c2c(Cl)ncnc12. The van der Waals surface area contributed by atoms with Gasteiger partial charge >= 0.3 is 0 Å². The first-order valence-corrected chi connectivity index (χ1v) is 4.61. The second-order valence-electron chi connectivity index (χ2n) is 2.36. The molecule has 0 atom stereocenters. The van der Waals surface area contributed by atoms with Crippen LogP contribution in [-0.4, -0.2) is 15.0 Å². The number of aryl methyl sites for hydroxylation is 1. The van der Waals surface area contributed by atoms with Gasteiger partial charge in [0.2, 0.25) is 0 Å². The lowest BCUT2D eigenvalue weighted by atomic mass is 10.3. The van der Waals surface area contributed by atoms with Crippen LogP contribution in [0.5, 0.6) is 0 Å². The topological polar surface area (TPSA) is 41.6 Å². The molecule has 70 valence electrons. The molecule has 0 aliphatic rings. The number of hydrogen-bond donors (Lipinski definition) is 1. The number of aromatic nitrogens is 3. The lowest BCUT2D eigenvalue weighted by molar-refractivity contribution is 1.21. The number of H-pyrrole nitrogens is 1. The third kappa shape index (κ3) is 1.80. The maximum Gasteiger partial charge on any atom is 0.156 e. The van der Waals surface area contributed by atoms with E-state index in [2.05, 4.69) is 15.0 Å². The Labute approximate surface area is 82.2 Å². The van der Waals surface area contributed by atoms with E-state index >= 15 is 0 Å². The number of hydrogen-bond acceptors (Lipinski definition) is 2. The van der Waals surface area contributed by atoms with Gasteiger partial charge < -0.3 is 4.98 Å². The summed E-state index contributed by atoms with van der Waals surface area (Å²) in [7, 11) is 0. The van der Waals surface area contributed by atoms with Crippen LogP contribution in [0.1, 0.15) is 19.4 Å². The van der Waals surface area contributed by atoms with Crippen molar-refractivity contribution in [2.45, 2.75) is 20.8 Å². The maximum atomic E-state index is 5.79. The standard InChI is InChI=1S/C7H6ClN3.C2H6/c1-4-2-9-6-5(4)10-3-11-7(6)8;1-2/h2-3,9H,1H3;1-2H3. The van der Waals surface area contributed by atoms with Gasteiger partial charge in [-0.15, -0.1) is 0 Å². The van der Waals surface area contributed by atoms with Crippen LogP contribution < -0.4 is 0 Å². The molecule has 2 rings (SSSR count). The average molecular weight is 198 g/mol. The van der Waals surface area contributed by atoms with Crippen molar-refractivity contribution in [3.63, 3.8) is 0 Å². The smallest absolute Gasteiger partial charge is 0.156 e. The lowest BCUT2D eigenvalue weighted by Gasteiger charge is -1.90. The number of aromatic amines is 1. The highest BCUT2D eigenvalue weighted by molar-refractivity contribution is 6.33. The molecule has 0 aliphatic carbocycles. The number of nitrogens with one attached hydrogen (secondary N) is 1. The van der Waals surface area contributed by atoms with Crippen LogP contribution in [0.2, 0.25) is 5.15 Å². The molecule has 0 radical (unpaired) electrons. The fourth-order valence-electron chi connectivity index (χ4n) is 1.04. The Morgan fingerprint density at radius 1 is 1.31 bits per heavy atom. The van der Waals surface area contributed by atoms with E-state index < -0.39 is 0 Å². The highest BCUT2D eigenvalue weighted by atomic mass is 35.5. The zero-order valence-electron chi connectivity index (χ0n) is 7.93. The number of rotatable bonds is 0. The minimum absolute atomic E-state index is 0.475. The van der Waals surface area contributed by atoms with Crippen LogP contribution in [-0.2, 0) is 0 Å². The molecule has 0 amide bonds. The van der Waals surface area contributed by atoms with Gasteiger partial charge in [-0.3, -0.25) is 0 Å². The Hall–Kier alpha value is -1.09. The van der Waals surface area contributed by atoms with Crippen LogP contribution in [0.25, 0.3) is 11.0 Å². The van der Waals surface area contributed by atoms with E-state index in [1.165, 1.54) is 6.33 Å². The van der Waals surface area contributed by atoms with E-state index in [0.29, 0.717) is 5.15 Å². The fraction of sp³-hybridized carbons (Fsp3) is 0.333. The molecule has 13 heavy (non-hydrogen) atoms. The Bertz CT molecular complexity index is 395. The highest BCUT2D eigenvalue weighted by Crippen LogP contribution is 2.19. The van der Waals surface area contributed by atoms with E-state index in [9.17, 15) is 0 Å². The van der Waals surface area contributed by atoms with Gasteiger partial charge in [0.15, 0.2) is 5.15 Å². The monoisotopic (exact) mass is 197 g/mol. The Morgan fingerprint density at radius 3 is 2.62 bits per heavy atom. The number of nitrogens with zero attached hydrogens (tertiary/aromatic N) is 2. The summed E-state index contributed by atoms with van der Waals surface area (Å²) in [4.78, 5) is 10.9. The fourth-order valence-corrected chi connectivity index (χ4v) is 1.23. The summed E-state index contributed by atoms with van der Waals surface area (Å²) in [6.07, 6.45) is 3.33. The Balaban J connectivity index is 0.000000396. The summed E-state index contributed by atoms with van der Waals surface area (Å²) in [6.45, 7) is 5.97. The van der Waals surface area contributed by atoms with Gasteiger partial charge in [-0.05, 0) is 12.5 Å². The van der Waals surface area contributed by atoms with Gasteiger partial charge in [-0.2, -0.15) is 0 Å². The first-order chi connectivity index (χ1) is 6.29. The van der Waals surface area contributed by atoms with Crippen LogP contribution in [0.4, 0.5) is 0 Å². The first-order valence-electron chi connectivity index (χ1n) is 4.23. The molecule has 3 nitrogen and oxygen atoms in total. The normalized spacial score (nSPS) is 9.54. The van der Waals surface area contributed by atoms with E-state index in [1.54, 1.807) is 0 Å². The second-order valence-corrected chi connectivity index (χ2v) is 2.72. The molecule has 2 aromatic rings. The summed E-state index contributed by atoms with van der Waals surface area (Å²) in [5, 5.41) is 0.475. The summed E-state index contributed by atoms with van der Waals surface area (Å²) >= 11 is 5.79. The van der Waals surface area contributed by atoms with Crippen LogP contribution in [0.15, 0.2) is 12.5 Å². The molecule has 2 aromatic heterocycles. The highest BCUT2D eigenvalue weighted by Gasteiger charge is 2.03. The van der Waals surface area contributed by atoms with Gasteiger partial charge in [-0.25, -0.2) is 9.97 Å². The molecule has 0 unspecified atom stereocenters. The molecule has 0 spiro atoms. The van der Waals surface area contributed by atoms with Crippen LogP contribution in [0.3, 0.4) is 0 Å². The lowest BCUT2D eigenvalue weighted by Crippen LogP contribution is -1.80. The minimum Gasteiger partial charge on any atom is -0.357 e. The van der Waals surface area contributed by atoms with E-state index in [0.717, 1.165) is 16.6 Å². The molecule has 0 bridgehead atoms. The maximum absolute atomic E-state index is 5.79. The second kappa shape index (κ2) is 4.23. The molecular formula is C9H12ClN3. The van der Waals surface area contributed by atoms with Crippen LogP contribution in [0, 0.1) is 6.92 Å². The molecule has 0 fully saturated rings. The van der Waals surface area contributed by atoms with Crippen molar-refractivity contribution in [3.05, 3.63) is 23.2 Å². The van der Waals surface area contributed by atoms with Crippen molar-refractivity contribution in [1.82, 2.24) is 15.0 Å². The Kier molecular flexibility index (Phi) is 3.25. The Morgan fingerprint density at radius 2 is 2.00 bits per heavy atom. The van der Waals surface area contributed by atoms with Gasteiger partial charge in [-0.1, -0.05) is 25.4 Å². The first kappa shape index (κ1) is 9.99. The van der Waals surface area contributed by atoms with Gasteiger partial charge in [0.05, 0.1) is 5.52 Å². The molecule has 4 heteroatoms. The minimum atomic E-state index is 0.475. The van der Waals surface area contributed by atoms with Crippen molar-refractivity contribution < 1.29 is 0 Å². The predicted octanol–water partition coefficient (Wildman–Crippen LogP) is 2.95. The summed E-state index contributed by atoms with van der Waals surface area (Å²) in [5.74, 6) is 0. The van der Waals surface area contributed by atoms with Crippen molar-refractivity contribution in [3.8, 4) is 0 Å². The summed E-state index contributed by atoms with van der Waals surface area (Å²) < 4.78 is 0.